The summed E-state index contributed by atoms with van der Waals surface area (Å²) in [6.07, 6.45) is 0.938. The van der Waals surface area contributed by atoms with Gasteiger partial charge in [0.25, 0.3) is 5.69 Å². The van der Waals surface area contributed by atoms with E-state index < -0.39 is 4.92 Å². The van der Waals surface area contributed by atoms with Crippen LogP contribution >= 0.6 is 11.3 Å². The molecule has 0 amide bonds. The number of nitrogens with one attached hydrogen (secondary N) is 1. The summed E-state index contributed by atoms with van der Waals surface area (Å²) in [5.74, 6) is 0.982. The van der Waals surface area contributed by atoms with Crippen LogP contribution in [-0.2, 0) is 6.42 Å². The molecule has 1 aliphatic rings. The second kappa shape index (κ2) is 4.96. The number of aromatic nitrogens is 2. The van der Waals surface area contributed by atoms with Gasteiger partial charge in [-0.15, -0.1) is 0 Å². The minimum Gasteiger partial charge on any atom is -0.369 e. The minimum absolute atomic E-state index is 0.0820. The lowest BCUT2D eigenvalue weighted by atomic mass is 10.1. The molecular formula is C15H12N4O2S. The summed E-state index contributed by atoms with van der Waals surface area (Å²) >= 11 is 1.65. The zero-order valence-corrected chi connectivity index (χ0v) is 12.3. The van der Waals surface area contributed by atoms with Gasteiger partial charge < -0.3 is 5.32 Å². The van der Waals surface area contributed by atoms with Gasteiger partial charge >= 0.3 is 0 Å². The number of hydrogen-bond acceptors (Lipinski definition) is 5. The lowest BCUT2D eigenvalue weighted by Gasteiger charge is -2.05. The van der Waals surface area contributed by atoms with Gasteiger partial charge in [-0.2, -0.15) is 16.4 Å². The monoisotopic (exact) mass is 312 g/mol. The molecule has 1 N–H and O–H groups in total. The predicted molar refractivity (Wildman–Crippen MR) is 85.7 cm³/mol. The molecule has 0 saturated heterocycles. The van der Waals surface area contributed by atoms with E-state index in [1.807, 2.05) is 10.1 Å². The Hall–Kier alpha value is -2.67. The van der Waals surface area contributed by atoms with Crippen LogP contribution in [0.4, 0.5) is 11.5 Å². The van der Waals surface area contributed by atoms with Gasteiger partial charge in [0.1, 0.15) is 5.82 Å². The molecule has 0 saturated carbocycles. The highest BCUT2D eigenvalue weighted by atomic mass is 32.1. The van der Waals surface area contributed by atoms with E-state index >= 15 is 0 Å². The van der Waals surface area contributed by atoms with E-state index in [1.165, 1.54) is 17.7 Å². The summed E-state index contributed by atoms with van der Waals surface area (Å²) in [4.78, 5) is 10.4. The number of nitro groups is 1. The second-order valence-electron chi connectivity index (χ2n) is 5.05. The molecule has 0 atom stereocenters. The Morgan fingerprint density at radius 1 is 1.27 bits per heavy atom. The highest BCUT2D eigenvalue weighted by Crippen LogP contribution is 2.35. The molecule has 0 aliphatic carbocycles. The number of nitrogens with zero attached hydrogens (tertiary/aromatic N) is 3. The molecule has 6 nitrogen and oxygen atoms in total. The van der Waals surface area contributed by atoms with Crippen LogP contribution in [0.1, 0.15) is 5.56 Å². The van der Waals surface area contributed by atoms with E-state index in [2.05, 4.69) is 16.8 Å². The lowest BCUT2D eigenvalue weighted by Crippen LogP contribution is -2.04. The molecule has 0 spiro atoms. The van der Waals surface area contributed by atoms with E-state index in [9.17, 15) is 10.1 Å². The topological polar surface area (TPSA) is 73.0 Å². The fraction of sp³-hybridized carbons (Fsp3) is 0.133. The van der Waals surface area contributed by atoms with Gasteiger partial charge in [-0.25, -0.2) is 4.68 Å². The summed E-state index contributed by atoms with van der Waals surface area (Å²) in [5, 5.41) is 23.0. The third-order valence-electron chi connectivity index (χ3n) is 3.75. The number of benzene rings is 1. The van der Waals surface area contributed by atoms with Gasteiger partial charge in [0.05, 0.1) is 16.3 Å². The first-order valence-corrected chi connectivity index (χ1v) is 7.81. The number of nitro benzene ring substituents is 1. The average Bonchev–Trinajstić information content (AvgIpc) is 3.24. The van der Waals surface area contributed by atoms with E-state index in [0.717, 1.165) is 35.7 Å². The normalized spacial score (nSPS) is 12.9. The van der Waals surface area contributed by atoms with Crippen LogP contribution < -0.4 is 5.32 Å². The van der Waals surface area contributed by atoms with Crippen molar-refractivity contribution in [1.82, 2.24) is 9.78 Å². The maximum absolute atomic E-state index is 10.8. The Bertz CT molecular complexity index is 837. The Morgan fingerprint density at radius 2 is 2.09 bits per heavy atom. The average molecular weight is 312 g/mol. The first-order chi connectivity index (χ1) is 10.7. The van der Waals surface area contributed by atoms with E-state index in [-0.39, 0.29) is 5.69 Å². The summed E-state index contributed by atoms with van der Waals surface area (Å²) in [5.41, 5.74) is 4.21. The van der Waals surface area contributed by atoms with Crippen molar-refractivity contribution >= 4 is 22.8 Å². The molecule has 1 aromatic carbocycles. The van der Waals surface area contributed by atoms with Crippen molar-refractivity contribution < 1.29 is 4.92 Å². The zero-order chi connectivity index (χ0) is 15.1. The fourth-order valence-electron chi connectivity index (χ4n) is 2.71. The second-order valence-corrected chi connectivity index (χ2v) is 5.83. The molecule has 110 valence electrons. The number of fused-ring (bicyclic) bond motifs is 1. The summed E-state index contributed by atoms with van der Waals surface area (Å²) in [6, 6.07) is 8.52. The van der Waals surface area contributed by atoms with Crippen LogP contribution in [0, 0.1) is 10.1 Å². The third-order valence-corrected chi connectivity index (χ3v) is 4.43. The van der Waals surface area contributed by atoms with Gasteiger partial charge in [-0.05, 0) is 30.0 Å². The van der Waals surface area contributed by atoms with Crippen LogP contribution in [0.25, 0.3) is 16.9 Å². The lowest BCUT2D eigenvalue weighted by molar-refractivity contribution is -0.384. The Labute approximate surface area is 130 Å². The SMILES string of the molecule is O=[N+]([O-])c1ccc(-n2nc(-c3ccsc3)c3c2NCC3)cc1. The fourth-order valence-corrected chi connectivity index (χ4v) is 3.35. The molecule has 0 bridgehead atoms. The highest BCUT2D eigenvalue weighted by Gasteiger charge is 2.24. The molecule has 22 heavy (non-hydrogen) atoms. The molecule has 1 aliphatic heterocycles. The minimum atomic E-state index is -0.396. The molecule has 2 aromatic heterocycles. The number of rotatable bonds is 3. The largest absolute Gasteiger partial charge is 0.369 e. The van der Waals surface area contributed by atoms with Crippen LogP contribution in [0.15, 0.2) is 41.1 Å². The Kier molecular flexibility index (Phi) is 2.93. The summed E-state index contributed by atoms with van der Waals surface area (Å²) in [6.45, 7) is 0.886. The number of hydrogen-bond donors (Lipinski definition) is 1. The van der Waals surface area contributed by atoms with Gasteiger partial charge in [0.2, 0.25) is 0 Å². The van der Waals surface area contributed by atoms with Crippen molar-refractivity contribution in [2.24, 2.45) is 0 Å². The van der Waals surface area contributed by atoms with Crippen molar-refractivity contribution in [3.05, 3.63) is 56.8 Å². The molecule has 0 fully saturated rings. The van der Waals surface area contributed by atoms with Crippen molar-refractivity contribution in [2.75, 3.05) is 11.9 Å². The van der Waals surface area contributed by atoms with Gasteiger partial charge in [0.15, 0.2) is 0 Å². The maximum atomic E-state index is 10.8. The van der Waals surface area contributed by atoms with Crippen LogP contribution in [0.5, 0.6) is 0 Å². The van der Waals surface area contributed by atoms with E-state index in [4.69, 9.17) is 5.10 Å². The molecule has 3 heterocycles. The van der Waals surface area contributed by atoms with Crippen molar-refractivity contribution in [3.8, 4) is 16.9 Å². The zero-order valence-electron chi connectivity index (χ0n) is 11.5. The molecule has 7 heteroatoms. The van der Waals surface area contributed by atoms with Gasteiger partial charge in [-0.3, -0.25) is 10.1 Å². The first-order valence-electron chi connectivity index (χ1n) is 6.87. The first kappa shape index (κ1) is 13.0. The van der Waals surface area contributed by atoms with Crippen LogP contribution in [0.2, 0.25) is 0 Å². The van der Waals surface area contributed by atoms with Crippen LogP contribution in [0.3, 0.4) is 0 Å². The number of anilines is 1. The van der Waals surface area contributed by atoms with Gasteiger partial charge in [-0.1, -0.05) is 0 Å². The highest BCUT2D eigenvalue weighted by molar-refractivity contribution is 7.08. The molecule has 0 radical (unpaired) electrons. The smallest absolute Gasteiger partial charge is 0.269 e. The molecular weight excluding hydrogens is 300 g/mol. The summed E-state index contributed by atoms with van der Waals surface area (Å²) < 4.78 is 1.83. The molecule has 0 unspecified atom stereocenters. The van der Waals surface area contributed by atoms with Crippen molar-refractivity contribution in [2.45, 2.75) is 6.42 Å². The number of non-ortho nitro benzene ring substituents is 1. The van der Waals surface area contributed by atoms with E-state index in [1.54, 1.807) is 23.5 Å². The van der Waals surface area contributed by atoms with Crippen LogP contribution in [-0.4, -0.2) is 21.2 Å². The van der Waals surface area contributed by atoms with Crippen molar-refractivity contribution in [1.29, 1.82) is 0 Å². The molecule has 4 rings (SSSR count). The Morgan fingerprint density at radius 3 is 2.77 bits per heavy atom. The Balaban J connectivity index is 1.82. The quantitative estimate of drug-likeness (QED) is 0.593. The standard InChI is InChI=1S/C15H12N4O2S/c20-19(21)12-3-1-11(2-4-12)18-15-13(5-7-16-15)14(17-18)10-6-8-22-9-10/h1-4,6,8-9,16H,5,7H2. The van der Waals surface area contributed by atoms with Gasteiger partial charge in [0, 0.05) is 35.2 Å². The van der Waals surface area contributed by atoms with E-state index in [0.29, 0.717) is 0 Å². The van der Waals surface area contributed by atoms with Crippen molar-refractivity contribution in [3.63, 3.8) is 0 Å². The maximum Gasteiger partial charge on any atom is 0.269 e. The summed E-state index contributed by atoms with van der Waals surface area (Å²) in [7, 11) is 0. The predicted octanol–water partition coefficient (Wildman–Crippen LogP) is 3.48. The molecule has 3 aromatic rings. The third kappa shape index (κ3) is 1.98. The number of thiophene rings is 1.